The summed E-state index contributed by atoms with van der Waals surface area (Å²) in [6.07, 6.45) is -0.865. The van der Waals surface area contributed by atoms with E-state index in [9.17, 15) is 18.7 Å². The van der Waals surface area contributed by atoms with Crippen LogP contribution in [0.15, 0.2) is 6.07 Å². The van der Waals surface area contributed by atoms with Gasteiger partial charge in [0.15, 0.2) is 0 Å². The fourth-order valence-electron chi connectivity index (χ4n) is 2.68. The van der Waals surface area contributed by atoms with E-state index in [0.29, 0.717) is 11.4 Å². The number of aromatic nitrogens is 2. The molecule has 2 rings (SSSR count). The minimum Gasteiger partial charge on any atom is -0.481 e. The third-order valence-corrected chi connectivity index (χ3v) is 3.74. The van der Waals surface area contributed by atoms with Crippen molar-refractivity contribution in [3.8, 4) is 0 Å². The molecule has 1 aromatic heterocycles. The number of aliphatic carboxylic acids is 1. The van der Waals surface area contributed by atoms with E-state index < -0.39 is 17.3 Å². The number of hydrogen-bond acceptors (Lipinski definition) is 2. The molecule has 0 atom stereocenters. The molecule has 0 aromatic carbocycles. The molecule has 0 amide bonds. The maximum absolute atomic E-state index is 13.2. The van der Waals surface area contributed by atoms with Crippen LogP contribution in [0, 0.1) is 6.92 Å². The number of aryl methyl sites for hydroxylation is 2. The van der Waals surface area contributed by atoms with Crippen LogP contribution >= 0.6 is 0 Å². The van der Waals surface area contributed by atoms with Gasteiger partial charge in [-0.25, -0.2) is 8.78 Å². The minimum absolute atomic E-state index is 0.0473. The molecule has 1 aromatic rings. The Morgan fingerprint density at radius 3 is 2.33 bits per heavy atom. The Morgan fingerprint density at radius 2 is 1.94 bits per heavy atom. The number of rotatable bonds is 2. The van der Waals surface area contributed by atoms with E-state index in [4.69, 9.17) is 0 Å². The van der Waals surface area contributed by atoms with Gasteiger partial charge in [-0.3, -0.25) is 9.48 Å². The third kappa shape index (κ3) is 2.00. The predicted molar refractivity (Wildman–Crippen MR) is 60.7 cm³/mol. The highest BCUT2D eigenvalue weighted by Crippen LogP contribution is 2.45. The number of alkyl halides is 2. The van der Waals surface area contributed by atoms with Crippen LogP contribution in [-0.2, 0) is 17.3 Å². The first-order chi connectivity index (χ1) is 8.27. The van der Waals surface area contributed by atoms with E-state index in [-0.39, 0.29) is 25.7 Å². The second-order valence-corrected chi connectivity index (χ2v) is 5.04. The van der Waals surface area contributed by atoms with Crippen molar-refractivity contribution >= 4 is 5.97 Å². The average molecular weight is 258 g/mol. The van der Waals surface area contributed by atoms with Gasteiger partial charge in [-0.1, -0.05) is 0 Å². The van der Waals surface area contributed by atoms with Gasteiger partial charge >= 0.3 is 5.97 Å². The highest BCUT2D eigenvalue weighted by atomic mass is 19.3. The van der Waals surface area contributed by atoms with Crippen molar-refractivity contribution in [3.05, 3.63) is 17.5 Å². The monoisotopic (exact) mass is 258 g/mol. The average Bonchev–Trinajstić information content (AvgIpc) is 2.58. The summed E-state index contributed by atoms with van der Waals surface area (Å²) < 4.78 is 27.9. The van der Waals surface area contributed by atoms with E-state index in [1.54, 1.807) is 20.0 Å². The lowest BCUT2D eigenvalue weighted by atomic mass is 9.70. The Balaban J connectivity index is 2.41. The molecule has 0 radical (unpaired) electrons. The summed E-state index contributed by atoms with van der Waals surface area (Å²) in [5, 5.41) is 13.6. The lowest BCUT2D eigenvalue weighted by Gasteiger charge is -2.36. The zero-order valence-corrected chi connectivity index (χ0v) is 10.4. The second kappa shape index (κ2) is 4.03. The van der Waals surface area contributed by atoms with Crippen LogP contribution in [0.1, 0.15) is 37.1 Å². The first-order valence-corrected chi connectivity index (χ1v) is 5.89. The molecule has 0 saturated heterocycles. The second-order valence-electron chi connectivity index (χ2n) is 5.04. The lowest BCUT2D eigenvalue weighted by molar-refractivity contribution is -0.149. The molecule has 100 valence electrons. The van der Waals surface area contributed by atoms with Gasteiger partial charge in [0.25, 0.3) is 0 Å². The third-order valence-electron chi connectivity index (χ3n) is 3.74. The molecule has 1 heterocycles. The van der Waals surface area contributed by atoms with Gasteiger partial charge in [0.2, 0.25) is 5.92 Å². The Labute approximate surface area is 104 Å². The molecule has 6 heteroatoms. The quantitative estimate of drug-likeness (QED) is 0.885. The van der Waals surface area contributed by atoms with Crippen LogP contribution < -0.4 is 0 Å². The van der Waals surface area contributed by atoms with E-state index >= 15 is 0 Å². The van der Waals surface area contributed by atoms with Gasteiger partial charge in [-0.15, -0.1) is 0 Å². The highest BCUT2D eigenvalue weighted by Gasteiger charge is 2.50. The smallest absolute Gasteiger partial charge is 0.315 e. The van der Waals surface area contributed by atoms with Gasteiger partial charge in [0.05, 0.1) is 11.4 Å². The molecule has 0 bridgehead atoms. The van der Waals surface area contributed by atoms with Gasteiger partial charge in [-0.2, -0.15) is 5.10 Å². The molecule has 0 spiro atoms. The largest absolute Gasteiger partial charge is 0.481 e. The van der Waals surface area contributed by atoms with Crippen molar-refractivity contribution in [1.82, 2.24) is 9.78 Å². The molecule has 4 nitrogen and oxygen atoms in total. The number of carboxylic acids is 1. The maximum atomic E-state index is 13.2. The fourth-order valence-corrected chi connectivity index (χ4v) is 2.68. The summed E-state index contributed by atoms with van der Waals surface area (Å²) in [4.78, 5) is 11.6. The summed E-state index contributed by atoms with van der Waals surface area (Å²) in [7, 11) is 1.65. The predicted octanol–water partition coefficient (Wildman–Crippen LogP) is 2.26. The first-order valence-electron chi connectivity index (χ1n) is 5.89. The molecular weight excluding hydrogens is 242 g/mol. The normalized spacial score (nSPS) is 21.8. The van der Waals surface area contributed by atoms with Gasteiger partial charge in [0.1, 0.15) is 5.41 Å². The van der Waals surface area contributed by atoms with Crippen LogP contribution in [0.2, 0.25) is 0 Å². The number of carbonyl (C=O) groups is 1. The van der Waals surface area contributed by atoms with Crippen molar-refractivity contribution in [2.24, 2.45) is 7.05 Å². The van der Waals surface area contributed by atoms with Crippen molar-refractivity contribution in [2.75, 3.05) is 0 Å². The Hall–Kier alpha value is -1.46. The van der Waals surface area contributed by atoms with Gasteiger partial charge < -0.3 is 5.11 Å². The number of nitrogens with zero attached hydrogens (tertiary/aromatic N) is 2. The number of hydrogen-bond donors (Lipinski definition) is 1. The molecule has 0 unspecified atom stereocenters. The summed E-state index contributed by atoms with van der Waals surface area (Å²) in [5.41, 5.74) is -0.00835. The maximum Gasteiger partial charge on any atom is 0.315 e. The van der Waals surface area contributed by atoms with Crippen LogP contribution in [0.25, 0.3) is 0 Å². The topological polar surface area (TPSA) is 55.1 Å². The Morgan fingerprint density at radius 1 is 1.39 bits per heavy atom. The summed E-state index contributed by atoms with van der Waals surface area (Å²) in [6.45, 7) is 1.76. The highest BCUT2D eigenvalue weighted by molar-refractivity contribution is 5.81. The van der Waals surface area contributed by atoms with Crippen LogP contribution in [-0.4, -0.2) is 26.8 Å². The fraction of sp³-hybridized carbons (Fsp3) is 0.667. The van der Waals surface area contributed by atoms with Gasteiger partial charge in [-0.05, 0) is 25.8 Å². The summed E-state index contributed by atoms with van der Waals surface area (Å²) in [5.74, 6) is -3.78. The van der Waals surface area contributed by atoms with Crippen molar-refractivity contribution < 1.29 is 18.7 Å². The van der Waals surface area contributed by atoms with Crippen molar-refractivity contribution in [2.45, 2.75) is 43.9 Å². The molecule has 1 fully saturated rings. The first kappa shape index (κ1) is 13.0. The van der Waals surface area contributed by atoms with Gasteiger partial charge in [0, 0.05) is 19.9 Å². The van der Waals surface area contributed by atoms with E-state index in [1.807, 2.05) is 0 Å². The number of carboxylic acid groups (broad SMARTS) is 1. The minimum atomic E-state index is -2.74. The van der Waals surface area contributed by atoms with E-state index in [0.717, 1.165) is 0 Å². The summed E-state index contributed by atoms with van der Waals surface area (Å²) in [6, 6.07) is 1.68. The Bertz CT molecular complexity index is 472. The molecule has 1 N–H and O–H groups in total. The number of halogens is 2. The van der Waals surface area contributed by atoms with Crippen molar-refractivity contribution in [1.29, 1.82) is 0 Å². The zero-order valence-electron chi connectivity index (χ0n) is 10.4. The molecular formula is C12H16F2N2O2. The molecule has 18 heavy (non-hydrogen) atoms. The molecule has 0 aliphatic heterocycles. The SMILES string of the molecule is Cc1cc(C2(C(=O)O)CCC(F)(F)CC2)n(C)n1. The Kier molecular flexibility index (Phi) is 2.91. The van der Waals surface area contributed by atoms with Crippen LogP contribution in [0.5, 0.6) is 0 Å². The molecule has 1 aliphatic rings. The summed E-state index contributed by atoms with van der Waals surface area (Å²) >= 11 is 0. The van der Waals surface area contributed by atoms with Crippen molar-refractivity contribution in [3.63, 3.8) is 0 Å². The molecule has 1 aliphatic carbocycles. The van der Waals surface area contributed by atoms with Crippen LogP contribution in [0.4, 0.5) is 8.78 Å². The van der Waals surface area contributed by atoms with E-state index in [2.05, 4.69) is 5.10 Å². The molecule has 1 saturated carbocycles. The lowest BCUT2D eigenvalue weighted by Crippen LogP contribution is -2.44. The van der Waals surface area contributed by atoms with Crippen LogP contribution in [0.3, 0.4) is 0 Å². The standard InChI is InChI=1S/C12H16F2N2O2/c1-8-7-9(16(2)15-8)11(10(17)18)3-5-12(13,14)6-4-11/h7H,3-6H2,1-2H3,(H,17,18). The zero-order chi connectivity index (χ0) is 13.6. The van der Waals surface area contributed by atoms with E-state index in [1.165, 1.54) is 4.68 Å².